The summed E-state index contributed by atoms with van der Waals surface area (Å²) < 4.78 is 5.75. The van der Waals surface area contributed by atoms with Crippen molar-refractivity contribution in [2.24, 2.45) is 0 Å². The van der Waals surface area contributed by atoms with Crippen molar-refractivity contribution in [3.8, 4) is 0 Å². The lowest BCUT2D eigenvalue weighted by Crippen LogP contribution is -2.40. The average Bonchev–Trinajstić information content (AvgIpc) is 2.48. The Morgan fingerprint density at radius 1 is 1.40 bits per heavy atom. The van der Waals surface area contributed by atoms with Crippen LogP contribution >= 0.6 is 11.6 Å². The zero-order chi connectivity index (χ0) is 13.9. The van der Waals surface area contributed by atoms with Crippen molar-refractivity contribution in [3.05, 3.63) is 35.5 Å². The van der Waals surface area contributed by atoms with Crippen LogP contribution in [0.3, 0.4) is 0 Å². The van der Waals surface area contributed by atoms with E-state index in [1.165, 1.54) is 0 Å². The molecule has 3 nitrogen and oxygen atoms in total. The zero-order valence-electron chi connectivity index (χ0n) is 11.7. The van der Waals surface area contributed by atoms with Crippen LogP contribution in [-0.2, 0) is 4.74 Å². The first-order chi connectivity index (χ1) is 9.78. The fourth-order valence-electron chi connectivity index (χ4n) is 2.82. The Labute approximate surface area is 124 Å². The predicted molar refractivity (Wildman–Crippen MR) is 83.6 cm³/mol. The van der Waals surface area contributed by atoms with Gasteiger partial charge in [-0.3, -0.25) is 0 Å². The first-order valence-electron chi connectivity index (χ1n) is 7.19. The molecule has 1 unspecified atom stereocenters. The number of benzene rings is 1. The van der Waals surface area contributed by atoms with Gasteiger partial charge in [-0.05, 0) is 31.2 Å². The summed E-state index contributed by atoms with van der Waals surface area (Å²) in [6.45, 7) is 4.73. The number of halogens is 1. The molecule has 0 bridgehead atoms. The monoisotopic (exact) mass is 290 g/mol. The molecule has 1 atom stereocenters. The molecule has 0 saturated carbocycles. The average molecular weight is 291 g/mol. The fraction of sp³-hybridized carbons (Fsp3) is 0.438. The largest absolute Gasteiger partial charge is 0.377 e. The minimum absolute atomic E-state index is 0.306. The standard InChI is InChI=1S/C16H19ClN2O/c1-2-20-13-7-5-9-19(11-13)15-10-12-6-3-4-8-14(12)16(17)18-15/h3-4,6,8,10,13H,2,5,7,9,11H2,1H3. The molecule has 4 heteroatoms. The number of pyridine rings is 1. The first kappa shape index (κ1) is 13.7. The molecule has 20 heavy (non-hydrogen) atoms. The first-order valence-corrected chi connectivity index (χ1v) is 7.57. The number of nitrogens with zero attached hydrogens (tertiary/aromatic N) is 2. The van der Waals surface area contributed by atoms with E-state index in [2.05, 4.69) is 22.0 Å². The second kappa shape index (κ2) is 5.98. The quantitative estimate of drug-likeness (QED) is 0.802. The van der Waals surface area contributed by atoms with Crippen molar-refractivity contribution >= 4 is 28.2 Å². The molecule has 0 amide bonds. The van der Waals surface area contributed by atoms with E-state index in [-0.39, 0.29) is 0 Å². The Balaban J connectivity index is 1.89. The lowest BCUT2D eigenvalue weighted by molar-refractivity contribution is 0.0525. The normalized spacial score (nSPS) is 19.5. The number of hydrogen-bond acceptors (Lipinski definition) is 3. The summed E-state index contributed by atoms with van der Waals surface area (Å²) in [4.78, 5) is 6.84. The third-order valence-corrected chi connectivity index (χ3v) is 4.07. The number of rotatable bonds is 3. The predicted octanol–water partition coefficient (Wildman–Crippen LogP) is 3.89. The number of aromatic nitrogens is 1. The zero-order valence-corrected chi connectivity index (χ0v) is 12.4. The van der Waals surface area contributed by atoms with Crippen LogP contribution in [0.2, 0.25) is 5.15 Å². The van der Waals surface area contributed by atoms with Crippen molar-refractivity contribution in [2.75, 3.05) is 24.6 Å². The van der Waals surface area contributed by atoms with Gasteiger partial charge in [0, 0.05) is 25.1 Å². The molecule has 3 rings (SSSR count). The Morgan fingerprint density at radius 3 is 3.10 bits per heavy atom. The smallest absolute Gasteiger partial charge is 0.139 e. The topological polar surface area (TPSA) is 25.4 Å². The van der Waals surface area contributed by atoms with Crippen LogP contribution in [0.25, 0.3) is 10.8 Å². The van der Waals surface area contributed by atoms with Crippen molar-refractivity contribution in [1.29, 1.82) is 0 Å². The lowest BCUT2D eigenvalue weighted by Gasteiger charge is -2.33. The Bertz CT molecular complexity index is 600. The molecule has 0 N–H and O–H groups in total. The van der Waals surface area contributed by atoms with Crippen molar-refractivity contribution in [1.82, 2.24) is 4.98 Å². The van der Waals surface area contributed by atoms with E-state index in [1.54, 1.807) is 0 Å². The van der Waals surface area contributed by atoms with Gasteiger partial charge in [0.15, 0.2) is 0 Å². The van der Waals surface area contributed by atoms with E-state index in [0.29, 0.717) is 11.3 Å². The van der Waals surface area contributed by atoms with E-state index in [4.69, 9.17) is 16.3 Å². The second-order valence-corrected chi connectivity index (χ2v) is 5.52. The molecule has 106 valence electrons. The molecule has 0 aliphatic carbocycles. The molecule has 2 heterocycles. The number of piperidine rings is 1. The SMILES string of the molecule is CCOC1CCCN(c2cc3ccccc3c(Cl)n2)C1. The molecule has 1 aliphatic heterocycles. The second-order valence-electron chi connectivity index (χ2n) is 5.16. The van der Waals surface area contributed by atoms with Gasteiger partial charge in [0.05, 0.1) is 6.10 Å². The van der Waals surface area contributed by atoms with Crippen LogP contribution in [0.4, 0.5) is 5.82 Å². The van der Waals surface area contributed by atoms with Gasteiger partial charge in [0.1, 0.15) is 11.0 Å². The van der Waals surface area contributed by atoms with E-state index in [9.17, 15) is 0 Å². The molecule has 1 saturated heterocycles. The molecule has 1 aliphatic rings. The summed E-state index contributed by atoms with van der Waals surface area (Å²) in [7, 11) is 0. The summed E-state index contributed by atoms with van der Waals surface area (Å²) in [6.07, 6.45) is 2.57. The highest BCUT2D eigenvalue weighted by Crippen LogP contribution is 2.28. The maximum Gasteiger partial charge on any atom is 0.139 e. The van der Waals surface area contributed by atoms with Gasteiger partial charge in [-0.2, -0.15) is 0 Å². The van der Waals surface area contributed by atoms with Gasteiger partial charge in [-0.15, -0.1) is 0 Å². The van der Waals surface area contributed by atoms with Crippen LogP contribution in [0, 0.1) is 0 Å². The molecule has 0 spiro atoms. The Kier molecular flexibility index (Phi) is 4.08. The van der Waals surface area contributed by atoms with Gasteiger partial charge < -0.3 is 9.64 Å². The number of fused-ring (bicyclic) bond motifs is 1. The summed E-state index contributed by atoms with van der Waals surface area (Å²) in [6, 6.07) is 10.2. The lowest BCUT2D eigenvalue weighted by atomic mass is 10.1. The summed E-state index contributed by atoms with van der Waals surface area (Å²) in [5, 5.41) is 2.73. The van der Waals surface area contributed by atoms with Crippen LogP contribution in [0.5, 0.6) is 0 Å². The number of hydrogen-bond donors (Lipinski definition) is 0. The maximum absolute atomic E-state index is 6.31. The van der Waals surface area contributed by atoms with Crippen molar-refractivity contribution in [2.45, 2.75) is 25.9 Å². The Morgan fingerprint density at radius 2 is 2.25 bits per heavy atom. The number of anilines is 1. The minimum atomic E-state index is 0.306. The van der Waals surface area contributed by atoms with Crippen LogP contribution in [0.1, 0.15) is 19.8 Å². The number of ether oxygens (including phenoxy) is 1. The van der Waals surface area contributed by atoms with Crippen LogP contribution in [0.15, 0.2) is 30.3 Å². The summed E-state index contributed by atoms with van der Waals surface area (Å²) >= 11 is 6.31. The molecule has 1 aromatic heterocycles. The van der Waals surface area contributed by atoms with Crippen molar-refractivity contribution in [3.63, 3.8) is 0 Å². The van der Waals surface area contributed by atoms with Gasteiger partial charge in [0.25, 0.3) is 0 Å². The van der Waals surface area contributed by atoms with Crippen LogP contribution in [-0.4, -0.2) is 30.8 Å². The van der Waals surface area contributed by atoms with E-state index in [1.807, 2.05) is 25.1 Å². The molecular weight excluding hydrogens is 272 g/mol. The third-order valence-electron chi connectivity index (χ3n) is 3.78. The van der Waals surface area contributed by atoms with Crippen molar-refractivity contribution < 1.29 is 4.74 Å². The van der Waals surface area contributed by atoms with Gasteiger partial charge in [-0.1, -0.05) is 35.9 Å². The molecule has 2 aromatic rings. The van der Waals surface area contributed by atoms with Crippen LogP contribution < -0.4 is 4.90 Å². The van der Waals surface area contributed by atoms with E-state index in [0.717, 1.165) is 49.1 Å². The fourth-order valence-corrected chi connectivity index (χ4v) is 3.08. The molecule has 0 radical (unpaired) electrons. The maximum atomic E-state index is 6.31. The highest BCUT2D eigenvalue weighted by atomic mass is 35.5. The van der Waals surface area contributed by atoms with E-state index >= 15 is 0 Å². The van der Waals surface area contributed by atoms with Gasteiger partial charge in [-0.25, -0.2) is 4.98 Å². The minimum Gasteiger partial charge on any atom is -0.377 e. The molecule has 1 aromatic carbocycles. The Hall–Kier alpha value is -1.32. The molecular formula is C16H19ClN2O. The molecule has 1 fully saturated rings. The van der Waals surface area contributed by atoms with Gasteiger partial charge in [0.2, 0.25) is 0 Å². The summed E-state index contributed by atoms with van der Waals surface area (Å²) in [5.74, 6) is 0.957. The summed E-state index contributed by atoms with van der Waals surface area (Å²) in [5.41, 5.74) is 0. The highest BCUT2D eigenvalue weighted by molar-refractivity contribution is 6.34. The van der Waals surface area contributed by atoms with E-state index < -0.39 is 0 Å². The van der Waals surface area contributed by atoms with Gasteiger partial charge >= 0.3 is 0 Å². The highest BCUT2D eigenvalue weighted by Gasteiger charge is 2.21. The third kappa shape index (κ3) is 2.74.